The molecule has 27 heavy (non-hydrogen) atoms. The van der Waals surface area contributed by atoms with Gasteiger partial charge in [0, 0.05) is 15.3 Å². The van der Waals surface area contributed by atoms with Gasteiger partial charge in [-0.3, -0.25) is 4.79 Å². The van der Waals surface area contributed by atoms with Gasteiger partial charge in [-0.15, -0.1) is 0 Å². The highest BCUT2D eigenvalue weighted by atomic mass is 127. The Morgan fingerprint density at radius 1 is 1.04 bits per heavy atom. The second kappa shape index (κ2) is 9.37. The molecule has 0 spiro atoms. The quantitative estimate of drug-likeness (QED) is 0.365. The Labute approximate surface area is 173 Å². The van der Waals surface area contributed by atoms with Crippen LogP contribution in [0.5, 0.6) is 5.75 Å². The molecule has 3 aromatic carbocycles. The van der Waals surface area contributed by atoms with E-state index in [2.05, 4.69) is 27.9 Å². The maximum atomic E-state index is 12.1. The number of amides is 1. The molecule has 0 aliphatic rings. The first kappa shape index (κ1) is 19.2. The van der Waals surface area contributed by atoms with Gasteiger partial charge in [-0.1, -0.05) is 42.5 Å². The van der Waals surface area contributed by atoms with Crippen molar-refractivity contribution in [3.05, 3.63) is 99.1 Å². The lowest BCUT2D eigenvalue weighted by Gasteiger charge is -2.07. The fraction of sp³-hybridized carbons (Fsp3) is 0.0870. The number of halogens is 1. The molecular weight excluding hydrogens is 449 g/mol. The van der Waals surface area contributed by atoms with Crippen molar-refractivity contribution in [2.45, 2.75) is 13.5 Å². The van der Waals surface area contributed by atoms with Crippen LogP contribution in [0.15, 0.2) is 78.9 Å². The average molecular weight is 469 g/mol. The fourth-order valence-corrected chi connectivity index (χ4v) is 3.18. The van der Waals surface area contributed by atoms with Gasteiger partial charge in [-0.05, 0) is 82.6 Å². The molecule has 0 saturated heterocycles. The number of ether oxygens (including phenoxy) is 1. The monoisotopic (exact) mass is 469 g/mol. The predicted molar refractivity (Wildman–Crippen MR) is 119 cm³/mol. The highest BCUT2D eigenvalue weighted by Gasteiger charge is 2.02. The van der Waals surface area contributed by atoms with Crippen molar-refractivity contribution >= 4 is 40.3 Å². The van der Waals surface area contributed by atoms with E-state index in [1.807, 2.05) is 79.7 Å². The van der Waals surface area contributed by atoms with Gasteiger partial charge in [0.2, 0.25) is 5.91 Å². The molecule has 136 valence electrons. The molecule has 3 aromatic rings. The van der Waals surface area contributed by atoms with E-state index in [9.17, 15) is 4.79 Å². The number of anilines is 1. The van der Waals surface area contributed by atoms with Crippen LogP contribution in [0.1, 0.15) is 16.7 Å². The zero-order valence-corrected chi connectivity index (χ0v) is 17.1. The first-order valence-electron chi connectivity index (χ1n) is 8.62. The Balaban J connectivity index is 1.54. The standard InChI is InChI=1S/C23H20INO2/c1-17-15-20(24)10-13-22(17)25-23(26)14-9-18-7-11-21(12-8-18)27-16-19-5-3-2-4-6-19/h2-15H,16H2,1H3,(H,25,26). The minimum atomic E-state index is -0.149. The van der Waals surface area contributed by atoms with E-state index in [1.54, 1.807) is 6.08 Å². The van der Waals surface area contributed by atoms with Crippen molar-refractivity contribution in [1.29, 1.82) is 0 Å². The summed E-state index contributed by atoms with van der Waals surface area (Å²) in [6, 6.07) is 23.6. The largest absolute Gasteiger partial charge is 0.489 e. The van der Waals surface area contributed by atoms with Crippen molar-refractivity contribution in [3.63, 3.8) is 0 Å². The number of aryl methyl sites for hydroxylation is 1. The van der Waals surface area contributed by atoms with Crippen molar-refractivity contribution in [2.75, 3.05) is 5.32 Å². The van der Waals surface area contributed by atoms with Crippen LogP contribution in [0.2, 0.25) is 0 Å². The van der Waals surface area contributed by atoms with E-state index in [0.717, 1.165) is 31.7 Å². The number of nitrogens with one attached hydrogen (secondary N) is 1. The van der Waals surface area contributed by atoms with E-state index in [4.69, 9.17) is 4.74 Å². The van der Waals surface area contributed by atoms with E-state index >= 15 is 0 Å². The van der Waals surface area contributed by atoms with Gasteiger partial charge in [0.25, 0.3) is 0 Å². The Bertz CT molecular complexity index is 934. The summed E-state index contributed by atoms with van der Waals surface area (Å²) >= 11 is 2.25. The van der Waals surface area contributed by atoms with Crippen LogP contribution >= 0.6 is 22.6 Å². The Morgan fingerprint density at radius 2 is 1.78 bits per heavy atom. The van der Waals surface area contributed by atoms with Gasteiger partial charge >= 0.3 is 0 Å². The van der Waals surface area contributed by atoms with Crippen molar-refractivity contribution in [1.82, 2.24) is 0 Å². The molecule has 0 aliphatic heterocycles. The number of hydrogen-bond acceptors (Lipinski definition) is 2. The number of carbonyl (C=O) groups is 1. The average Bonchev–Trinajstić information content (AvgIpc) is 2.68. The Kier molecular flexibility index (Phi) is 6.65. The lowest BCUT2D eigenvalue weighted by atomic mass is 10.2. The van der Waals surface area contributed by atoms with Crippen LogP contribution in [0.3, 0.4) is 0 Å². The fourth-order valence-electron chi connectivity index (χ4n) is 2.53. The lowest BCUT2D eigenvalue weighted by molar-refractivity contribution is -0.111. The van der Waals surface area contributed by atoms with Gasteiger partial charge in [-0.2, -0.15) is 0 Å². The second-order valence-electron chi connectivity index (χ2n) is 6.13. The third kappa shape index (κ3) is 5.96. The summed E-state index contributed by atoms with van der Waals surface area (Å²) < 4.78 is 6.92. The third-order valence-electron chi connectivity index (χ3n) is 4.00. The Hall–Kier alpha value is -2.60. The van der Waals surface area contributed by atoms with Crippen molar-refractivity contribution in [3.8, 4) is 5.75 Å². The van der Waals surface area contributed by atoms with Crippen LogP contribution in [0.4, 0.5) is 5.69 Å². The van der Waals surface area contributed by atoms with E-state index in [-0.39, 0.29) is 5.91 Å². The molecule has 4 heteroatoms. The number of hydrogen-bond donors (Lipinski definition) is 1. The van der Waals surface area contributed by atoms with Crippen LogP contribution in [0, 0.1) is 10.5 Å². The van der Waals surface area contributed by atoms with E-state index in [1.165, 1.54) is 6.08 Å². The molecule has 3 rings (SSSR count). The smallest absolute Gasteiger partial charge is 0.248 e. The van der Waals surface area contributed by atoms with Gasteiger partial charge < -0.3 is 10.1 Å². The molecule has 0 radical (unpaired) electrons. The molecule has 3 nitrogen and oxygen atoms in total. The summed E-state index contributed by atoms with van der Waals surface area (Å²) in [4.78, 5) is 12.1. The maximum Gasteiger partial charge on any atom is 0.248 e. The van der Waals surface area contributed by atoms with Crippen LogP contribution in [-0.4, -0.2) is 5.91 Å². The summed E-state index contributed by atoms with van der Waals surface area (Å²) in [5, 5.41) is 2.90. The summed E-state index contributed by atoms with van der Waals surface area (Å²) in [5.74, 6) is 0.652. The molecule has 0 atom stereocenters. The lowest BCUT2D eigenvalue weighted by Crippen LogP contribution is -2.08. The molecular formula is C23H20INO2. The topological polar surface area (TPSA) is 38.3 Å². The first-order valence-corrected chi connectivity index (χ1v) is 9.70. The van der Waals surface area contributed by atoms with Gasteiger partial charge in [-0.25, -0.2) is 0 Å². The van der Waals surface area contributed by atoms with E-state index in [0.29, 0.717) is 6.61 Å². The maximum absolute atomic E-state index is 12.1. The molecule has 0 unspecified atom stereocenters. The number of rotatable bonds is 6. The minimum Gasteiger partial charge on any atom is -0.489 e. The molecule has 0 fully saturated rings. The predicted octanol–water partition coefficient (Wildman–Crippen LogP) is 5.83. The van der Waals surface area contributed by atoms with Crippen molar-refractivity contribution < 1.29 is 9.53 Å². The molecule has 0 heterocycles. The Morgan fingerprint density at radius 3 is 2.48 bits per heavy atom. The zero-order chi connectivity index (χ0) is 19.1. The summed E-state index contributed by atoms with van der Waals surface area (Å²) in [6.07, 6.45) is 3.33. The van der Waals surface area contributed by atoms with E-state index < -0.39 is 0 Å². The van der Waals surface area contributed by atoms with Crippen LogP contribution in [-0.2, 0) is 11.4 Å². The summed E-state index contributed by atoms with van der Waals surface area (Å²) in [5.41, 5.74) is 3.94. The van der Waals surface area contributed by atoms with Crippen LogP contribution < -0.4 is 10.1 Å². The number of benzene rings is 3. The highest BCUT2D eigenvalue weighted by Crippen LogP contribution is 2.18. The van der Waals surface area contributed by atoms with Gasteiger partial charge in [0.05, 0.1) is 0 Å². The molecule has 0 saturated carbocycles. The SMILES string of the molecule is Cc1cc(I)ccc1NC(=O)C=Cc1ccc(OCc2ccccc2)cc1. The number of carbonyl (C=O) groups excluding carboxylic acids is 1. The van der Waals surface area contributed by atoms with Gasteiger partial charge in [0.1, 0.15) is 12.4 Å². The van der Waals surface area contributed by atoms with Crippen LogP contribution in [0.25, 0.3) is 6.08 Å². The van der Waals surface area contributed by atoms with Gasteiger partial charge in [0.15, 0.2) is 0 Å². The molecule has 0 bridgehead atoms. The first-order chi connectivity index (χ1) is 13.1. The second-order valence-corrected chi connectivity index (χ2v) is 7.37. The third-order valence-corrected chi connectivity index (χ3v) is 4.67. The molecule has 1 N–H and O–H groups in total. The molecule has 0 aliphatic carbocycles. The van der Waals surface area contributed by atoms with Crippen molar-refractivity contribution in [2.24, 2.45) is 0 Å². The highest BCUT2D eigenvalue weighted by molar-refractivity contribution is 14.1. The normalized spacial score (nSPS) is 10.7. The molecule has 1 amide bonds. The summed E-state index contributed by atoms with van der Waals surface area (Å²) in [6.45, 7) is 2.52. The summed E-state index contributed by atoms with van der Waals surface area (Å²) in [7, 11) is 0. The minimum absolute atomic E-state index is 0.149. The molecule has 0 aromatic heterocycles. The zero-order valence-electron chi connectivity index (χ0n) is 15.0.